The van der Waals surface area contributed by atoms with Gasteiger partial charge in [0.2, 0.25) is 0 Å². The summed E-state index contributed by atoms with van der Waals surface area (Å²) >= 11 is 0. The van der Waals surface area contributed by atoms with Gasteiger partial charge in [0.25, 0.3) is 0 Å². The van der Waals surface area contributed by atoms with Crippen LogP contribution >= 0.6 is 0 Å². The Balaban J connectivity index is 0.854. The van der Waals surface area contributed by atoms with E-state index in [0.717, 1.165) is 116 Å². The molecule has 0 radical (unpaired) electrons. The zero-order valence-corrected chi connectivity index (χ0v) is 32.0. The summed E-state index contributed by atoms with van der Waals surface area (Å²) in [7, 11) is 0. The van der Waals surface area contributed by atoms with E-state index in [1.807, 2.05) is 18.2 Å². The smallest absolute Gasteiger partial charge is 0.315 e. The number of hydrogen-bond acceptors (Lipinski definition) is 6. The second-order valence-electron chi connectivity index (χ2n) is 17.2. The molecule has 8 nitrogen and oxygen atoms in total. The van der Waals surface area contributed by atoms with Crippen molar-refractivity contribution in [1.82, 2.24) is 20.4 Å². The highest BCUT2D eigenvalue weighted by Crippen LogP contribution is 2.55. The molecule has 0 aromatic heterocycles. The van der Waals surface area contributed by atoms with Gasteiger partial charge in [0.05, 0.1) is 18.8 Å². The van der Waals surface area contributed by atoms with Crippen LogP contribution in [-0.4, -0.2) is 65.3 Å². The summed E-state index contributed by atoms with van der Waals surface area (Å²) in [6, 6.07) is 35.7. The first-order chi connectivity index (χ1) is 27.0. The molecule has 6 fully saturated rings. The molecule has 2 heterocycles. The molecule has 4 aliphatic carbocycles. The molecule has 3 N–H and O–H groups in total. The third-order valence-corrected chi connectivity index (χ3v) is 13.2. The molecule has 6 aliphatic rings. The Morgan fingerprint density at radius 2 is 1.33 bits per heavy atom. The van der Waals surface area contributed by atoms with Crippen LogP contribution in [0.25, 0.3) is 11.1 Å². The molecule has 3 atom stereocenters. The number of ether oxygens (including phenoxy) is 2. The number of nitrogens with zero attached hydrogens (tertiary/aromatic N) is 2. The molecular weight excluding hydrogens is 685 g/mol. The number of nitrogens with one attached hydrogen (secondary N) is 2. The van der Waals surface area contributed by atoms with Crippen molar-refractivity contribution in [3.63, 3.8) is 0 Å². The molecule has 55 heavy (non-hydrogen) atoms. The maximum atomic E-state index is 13.3. The number of benzene rings is 4. The number of aliphatic hydroxyl groups is 1. The second-order valence-corrected chi connectivity index (χ2v) is 17.2. The molecule has 2 saturated heterocycles. The fraction of sp³-hybridized carbons (Fsp3) is 0.468. The number of urea groups is 1. The van der Waals surface area contributed by atoms with Crippen LogP contribution in [0.4, 0.5) is 4.79 Å². The summed E-state index contributed by atoms with van der Waals surface area (Å²) < 4.78 is 13.5. The minimum atomic E-state index is -0.500. The molecule has 8 heteroatoms. The Labute approximate surface area is 326 Å². The lowest BCUT2D eigenvalue weighted by molar-refractivity contribution is -0.253. The van der Waals surface area contributed by atoms with Crippen LogP contribution in [0.2, 0.25) is 0 Å². The number of rotatable bonds is 11. The van der Waals surface area contributed by atoms with Gasteiger partial charge >= 0.3 is 6.03 Å². The molecule has 4 aromatic rings. The molecule has 2 amide bonds. The monoisotopic (exact) mass is 740 g/mol. The van der Waals surface area contributed by atoms with E-state index >= 15 is 0 Å². The number of amides is 2. The van der Waals surface area contributed by atoms with E-state index < -0.39 is 6.29 Å². The van der Waals surface area contributed by atoms with Gasteiger partial charge in [-0.05, 0) is 89.7 Å². The van der Waals surface area contributed by atoms with Crippen molar-refractivity contribution in [2.75, 3.05) is 32.7 Å². The van der Waals surface area contributed by atoms with Crippen molar-refractivity contribution < 1.29 is 19.4 Å². The number of hydrogen-bond donors (Lipinski definition) is 3. The van der Waals surface area contributed by atoms with Crippen LogP contribution < -0.4 is 10.6 Å². The van der Waals surface area contributed by atoms with E-state index in [1.54, 1.807) is 0 Å². The lowest BCUT2D eigenvalue weighted by Gasteiger charge is -2.56. The first-order valence-corrected chi connectivity index (χ1v) is 20.7. The van der Waals surface area contributed by atoms with Gasteiger partial charge < -0.3 is 25.2 Å². The fourth-order valence-electron chi connectivity index (χ4n) is 10.8. The third-order valence-electron chi connectivity index (χ3n) is 13.2. The van der Waals surface area contributed by atoms with E-state index in [2.05, 4.69) is 105 Å². The van der Waals surface area contributed by atoms with Crippen LogP contribution in [0, 0.1) is 17.8 Å². The van der Waals surface area contributed by atoms with Crippen LogP contribution in [0.5, 0.6) is 0 Å². The second kappa shape index (κ2) is 16.2. The lowest BCUT2D eigenvalue weighted by atomic mass is 9.53. The Hall–Kier alpha value is -4.05. The summed E-state index contributed by atoms with van der Waals surface area (Å²) in [5.74, 6) is 2.38. The summed E-state index contributed by atoms with van der Waals surface area (Å²) in [6.45, 7) is 6.46. The van der Waals surface area contributed by atoms with Crippen LogP contribution in [0.1, 0.15) is 85.2 Å². The average Bonchev–Trinajstić information content (AvgIpc) is 3.21. The van der Waals surface area contributed by atoms with E-state index in [0.29, 0.717) is 6.54 Å². The van der Waals surface area contributed by atoms with Gasteiger partial charge in [-0.25, -0.2) is 4.79 Å². The maximum absolute atomic E-state index is 13.3. The van der Waals surface area contributed by atoms with Gasteiger partial charge in [-0.2, -0.15) is 0 Å². The Morgan fingerprint density at radius 1 is 0.691 bits per heavy atom. The highest BCUT2D eigenvalue weighted by atomic mass is 16.7. The van der Waals surface area contributed by atoms with Crippen molar-refractivity contribution in [3.05, 3.63) is 131 Å². The van der Waals surface area contributed by atoms with Crippen molar-refractivity contribution in [3.8, 4) is 11.1 Å². The highest BCUT2D eigenvalue weighted by Gasteiger charge is 2.51. The summed E-state index contributed by atoms with van der Waals surface area (Å²) in [6.07, 6.45) is 7.69. The predicted octanol–water partition coefficient (Wildman–Crippen LogP) is 7.98. The average molecular weight is 741 g/mol. The molecule has 0 unspecified atom stereocenters. The lowest BCUT2D eigenvalue weighted by Crippen LogP contribution is -2.61. The normalized spacial score (nSPS) is 29.3. The SMILES string of the molecule is O=C(NCc1ccccc1-c1ccc([C@@H]2O[C@H](CN3CCN(Cc4ccccc4)CC3)C[C@H](c3ccc(CO)cc3)O2)cc1)NC12CC3CC(CC(C3)C1)C2. The van der Waals surface area contributed by atoms with E-state index in [-0.39, 0.29) is 30.4 Å². The Bertz CT molecular complexity index is 1860. The Morgan fingerprint density at radius 3 is 2.02 bits per heavy atom. The standard InChI is InChI=1S/C47H56N4O4/c52-32-34-10-12-39(13-11-34)44-25-42(31-51-20-18-50(19-21-51)30-33-6-2-1-3-7-33)54-45(55-44)40-16-14-38(15-17-40)43-9-5-4-8-41(43)29-48-46(53)49-47-26-35-22-36(27-47)24-37(23-35)28-47/h1-17,35-37,42,44-45,52H,18-32H2,(H2,48,49,53)/t35?,36?,37?,42-,44+,45+,47?/m0/s1. The quantitative estimate of drug-likeness (QED) is 0.145. The zero-order valence-electron chi connectivity index (χ0n) is 32.0. The van der Waals surface area contributed by atoms with Crippen molar-refractivity contribution in [1.29, 1.82) is 0 Å². The molecule has 4 saturated carbocycles. The van der Waals surface area contributed by atoms with Crippen LogP contribution in [0.15, 0.2) is 103 Å². The topological polar surface area (TPSA) is 86.3 Å². The third kappa shape index (κ3) is 8.54. The van der Waals surface area contributed by atoms with Crippen LogP contribution in [-0.2, 0) is 29.2 Å². The Kier molecular flexibility index (Phi) is 10.8. The minimum absolute atomic E-state index is 0.00412. The van der Waals surface area contributed by atoms with Gasteiger partial charge in [-0.1, -0.05) is 103 Å². The summed E-state index contributed by atoms with van der Waals surface area (Å²) in [5, 5.41) is 16.3. The first kappa shape index (κ1) is 36.6. The zero-order chi connectivity index (χ0) is 37.2. The molecule has 0 spiro atoms. The van der Waals surface area contributed by atoms with Crippen molar-refractivity contribution >= 4 is 6.03 Å². The largest absolute Gasteiger partial charge is 0.392 e. The molecule has 4 aromatic carbocycles. The van der Waals surface area contributed by atoms with Crippen molar-refractivity contribution in [2.24, 2.45) is 17.8 Å². The van der Waals surface area contributed by atoms with Crippen LogP contribution in [0.3, 0.4) is 0 Å². The van der Waals surface area contributed by atoms with E-state index in [1.165, 1.54) is 24.8 Å². The maximum Gasteiger partial charge on any atom is 0.315 e. The molecule has 10 rings (SSSR count). The van der Waals surface area contributed by atoms with E-state index in [9.17, 15) is 9.90 Å². The number of aliphatic hydroxyl groups excluding tert-OH is 1. The molecule has 288 valence electrons. The van der Waals surface area contributed by atoms with Crippen molar-refractivity contribution in [2.45, 2.75) is 88.7 Å². The molecular formula is C47H56N4O4. The fourth-order valence-corrected chi connectivity index (χ4v) is 10.8. The number of piperazine rings is 1. The minimum Gasteiger partial charge on any atom is -0.392 e. The summed E-state index contributed by atoms with van der Waals surface area (Å²) in [5.41, 5.74) is 7.65. The van der Waals surface area contributed by atoms with Gasteiger partial charge in [-0.3, -0.25) is 9.80 Å². The number of carbonyl (C=O) groups is 1. The molecule has 4 bridgehead atoms. The number of carbonyl (C=O) groups excluding carboxylic acids is 1. The van der Waals surface area contributed by atoms with Gasteiger partial charge in [0.15, 0.2) is 6.29 Å². The van der Waals surface area contributed by atoms with Gasteiger partial charge in [-0.15, -0.1) is 0 Å². The van der Waals surface area contributed by atoms with Gasteiger partial charge in [0, 0.05) is 63.3 Å². The summed E-state index contributed by atoms with van der Waals surface area (Å²) in [4.78, 5) is 18.4. The first-order valence-electron chi connectivity index (χ1n) is 20.7. The van der Waals surface area contributed by atoms with E-state index in [4.69, 9.17) is 9.47 Å². The predicted molar refractivity (Wildman–Crippen MR) is 215 cm³/mol. The van der Waals surface area contributed by atoms with Gasteiger partial charge in [0.1, 0.15) is 0 Å². The highest BCUT2D eigenvalue weighted by molar-refractivity contribution is 5.76. The molecule has 2 aliphatic heterocycles.